The van der Waals surface area contributed by atoms with Crippen LogP contribution in [-0.2, 0) is 4.74 Å². The Morgan fingerprint density at radius 2 is 2.33 bits per heavy atom. The Kier molecular flexibility index (Phi) is 5.93. The highest BCUT2D eigenvalue weighted by molar-refractivity contribution is 4.45. The van der Waals surface area contributed by atoms with Gasteiger partial charge >= 0.3 is 0 Å². The SMILES string of the molecule is CC(CO)COCCN. The molecular formula is C6H15NO2. The first-order chi connectivity index (χ1) is 4.31. The maximum Gasteiger partial charge on any atom is 0.0588 e. The smallest absolute Gasteiger partial charge is 0.0588 e. The Labute approximate surface area is 55.8 Å². The van der Waals surface area contributed by atoms with E-state index < -0.39 is 0 Å². The van der Waals surface area contributed by atoms with Crippen LogP contribution in [0.1, 0.15) is 6.92 Å². The first-order valence-corrected chi connectivity index (χ1v) is 3.20. The van der Waals surface area contributed by atoms with E-state index in [-0.39, 0.29) is 12.5 Å². The second kappa shape index (κ2) is 6.01. The summed E-state index contributed by atoms with van der Waals surface area (Å²) >= 11 is 0. The molecule has 0 amide bonds. The van der Waals surface area contributed by atoms with Crippen molar-refractivity contribution >= 4 is 0 Å². The Bertz CT molecular complexity index is 59.0. The second-order valence-electron chi connectivity index (χ2n) is 2.15. The summed E-state index contributed by atoms with van der Waals surface area (Å²) in [4.78, 5) is 0. The lowest BCUT2D eigenvalue weighted by Gasteiger charge is -2.06. The van der Waals surface area contributed by atoms with Crippen LogP contribution < -0.4 is 5.73 Å². The fourth-order valence-electron chi connectivity index (χ4n) is 0.421. The maximum atomic E-state index is 8.52. The van der Waals surface area contributed by atoms with Gasteiger partial charge in [0.2, 0.25) is 0 Å². The van der Waals surface area contributed by atoms with Crippen molar-refractivity contribution in [2.45, 2.75) is 6.92 Å². The van der Waals surface area contributed by atoms with Gasteiger partial charge in [-0.3, -0.25) is 0 Å². The number of aliphatic hydroxyl groups is 1. The monoisotopic (exact) mass is 133 g/mol. The van der Waals surface area contributed by atoms with Gasteiger partial charge < -0.3 is 15.6 Å². The van der Waals surface area contributed by atoms with Crippen molar-refractivity contribution in [1.29, 1.82) is 0 Å². The largest absolute Gasteiger partial charge is 0.396 e. The van der Waals surface area contributed by atoms with Crippen LogP contribution in [0.3, 0.4) is 0 Å². The number of rotatable bonds is 5. The van der Waals surface area contributed by atoms with Gasteiger partial charge in [0, 0.05) is 19.1 Å². The van der Waals surface area contributed by atoms with Crippen LogP contribution in [0.15, 0.2) is 0 Å². The normalized spacial score (nSPS) is 13.7. The molecule has 0 aliphatic rings. The van der Waals surface area contributed by atoms with E-state index in [0.717, 1.165) is 0 Å². The standard InChI is InChI=1S/C6H15NO2/c1-6(4-8)5-9-3-2-7/h6,8H,2-5,7H2,1H3. The minimum absolute atomic E-state index is 0.185. The molecule has 0 heterocycles. The first kappa shape index (κ1) is 8.88. The molecule has 0 bridgehead atoms. The third-order valence-electron chi connectivity index (χ3n) is 0.976. The molecule has 3 nitrogen and oxygen atoms in total. The molecule has 0 aliphatic carbocycles. The molecule has 0 aromatic rings. The van der Waals surface area contributed by atoms with Crippen LogP contribution in [0.25, 0.3) is 0 Å². The number of aliphatic hydroxyl groups excluding tert-OH is 1. The lowest BCUT2D eigenvalue weighted by Crippen LogP contribution is -2.14. The lowest BCUT2D eigenvalue weighted by atomic mass is 10.2. The van der Waals surface area contributed by atoms with Crippen LogP contribution in [0.4, 0.5) is 0 Å². The molecule has 9 heavy (non-hydrogen) atoms. The first-order valence-electron chi connectivity index (χ1n) is 3.20. The van der Waals surface area contributed by atoms with Gasteiger partial charge in [-0.05, 0) is 0 Å². The summed E-state index contributed by atoms with van der Waals surface area (Å²) in [5, 5.41) is 8.52. The van der Waals surface area contributed by atoms with Gasteiger partial charge in [-0.2, -0.15) is 0 Å². The van der Waals surface area contributed by atoms with Crippen LogP contribution in [-0.4, -0.2) is 31.5 Å². The molecule has 56 valence electrons. The third kappa shape index (κ3) is 5.76. The Hall–Kier alpha value is -0.120. The minimum atomic E-state index is 0.185. The molecule has 3 N–H and O–H groups in total. The average molecular weight is 133 g/mol. The van der Waals surface area contributed by atoms with Gasteiger partial charge in [0.15, 0.2) is 0 Å². The highest BCUT2D eigenvalue weighted by atomic mass is 16.5. The third-order valence-corrected chi connectivity index (χ3v) is 0.976. The zero-order chi connectivity index (χ0) is 7.11. The van der Waals surface area contributed by atoms with Crippen LogP contribution >= 0.6 is 0 Å². The molecule has 1 atom stereocenters. The highest BCUT2D eigenvalue weighted by Gasteiger charge is 1.97. The van der Waals surface area contributed by atoms with Crippen LogP contribution in [0.2, 0.25) is 0 Å². The van der Waals surface area contributed by atoms with Crippen molar-refractivity contribution < 1.29 is 9.84 Å². The van der Waals surface area contributed by atoms with Crippen molar-refractivity contribution in [3.05, 3.63) is 0 Å². The summed E-state index contributed by atoms with van der Waals surface area (Å²) in [6, 6.07) is 0. The quantitative estimate of drug-likeness (QED) is 0.501. The highest BCUT2D eigenvalue weighted by Crippen LogP contribution is 1.91. The summed E-state index contributed by atoms with van der Waals surface area (Å²) in [5.74, 6) is 0.233. The van der Waals surface area contributed by atoms with Crippen molar-refractivity contribution in [3.8, 4) is 0 Å². The molecule has 0 radical (unpaired) electrons. The Morgan fingerprint density at radius 1 is 1.67 bits per heavy atom. The summed E-state index contributed by atoms with van der Waals surface area (Å²) in [6.45, 7) is 3.86. The molecule has 0 saturated carbocycles. The van der Waals surface area contributed by atoms with E-state index in [2.05, 4.69) is 0 Å². The molecule has 0 spiro atoms. The van der Waals surface area contributed by atoms with E-state index in [1.54, 1.807) is 0 Å². The predicted molar refractivity (Wildman–Crippen MR) is 36.1 cm³/mol. The summed E-state index contributed by atoms with van der Waals surface area (Å²) in [6.07, 6.45) is 0. The fraction of sp³-hybridized carbons (Fsp3) is 1.00. The van der Waals surface area contributed by atoms with Gasteiger partial charge in [-0.25, -0.2) is 0 Å². The summed E-state index contributed by atoms with van der Waals surface area (Å²) in [5.41, 5.74) is 5.17. The molecule has 0 fully saturated rings. The number of ether oxygens (including phenoxy) is 1. The van der Waals surface area contributed by atoms with Gasteiger partial charge in [0.25, 0.3) is 0 Å². The van der Waals surface area contributed by atoms with Crippen molar-refractivity contribution in [1.82, 2.24) is 0 Å². The zero-order valence-electron chi connectivity index (χ0n) is 5.84. The van der Waals surface area contributed by atoms with Crippen LogP contribution in [0, 0.1) is 5.92 Å². The van der Waals surface area contributed by atoms with Gasteiger partial charge in [0.1, 0.15) is 0 Å². The van der Waals surface area contributed by atoms with Crippen molar-refractivity contribution in [2.24, 2.45) is 11.7 Å². The minimum Gasteiger partial charge on any atom is -0.396 e. The molecule has 0 aromatic heterocycles. The molecule has 0 saturated heterocycles. The van der Waals surface area contributed by atoms with E-state index >= 15 is 0 Å². The molecule has 0 aliphatic heterocycles. The number of hydrogen-bond acceptors (Lipinski definition) is 3. The Balaban J connectivity index is 2.88. The molecule has 0 aromatic carbocycles. The molecule has 0 rings (SSSR count). The molecule has 3 heteroatoms. The van der Waals surface area contributed by atoms with E-state index in [0.29, 0.717) is 19.8 Å². The Morgan fingerprint density at radius 3 is 2.78 bits per heavy atom. The van der Waals surface area contributed by atoms with Crippen LogP contribution in [0.5, 0.6) is 0 Å². The second-order valence-corrected chi connectivity index (χ2v) is 2.15. The summed E-state index contributed by atoms with van der Waals surface area (Å²) in [7, 11) is 0. The van der Waals surface area contributed by atoms with E-state index in [4.69, 9.17) is 15.6 Å². The van der Waals surface area contributed by atoms with E-state index in [1.165, 1.54) is 0 Å². The average Bonchev–Trinajstić information content (AvgIpc) is 1.89. The van der Waals surface area contributed by atoms with E-state index in [1.807, 2.05) is 6.92 Å². The molecule has 1 unspecified atom stereocenters. The fourth-order valence-corrected chi connectivity index (χ4v) is 0.421. The van der Waals surface area contributed by atoms with Gasteiger partial charge in [-0.1, -0.05) is 6.92 Å². The lowest BCUT2D eigenvalue weighted by molar-refractivity contribution is 0.0848. The van der Waals surface area contributed by atoms with Crippen molar-refractivity contribution in [3.63, 3.8) is 0 Å². The predicted octanol–water partition coefficient (Wildman–Crippen LogP) is -0.410. The topological polar surface area (TPSA) is 55.5 Å². The zero-order valence-corrected chi connectivity index (χ0v) is 5.84. The summed E-state index contributed by atoms with van der Waals surface area (Å²) < 4.78 is 5.05. The number of hydrogen-bond donors (Lipinski definition) is 2. The maximum absolute atomic E-state index is 8.52. The molecular weight excluding hydrogens is 118 g/mol. The number of nitrogens with two attached hydrogens (primary N) is 1. The van der Waals surface area contributed by atoms with Gasteiger partial charge in [0.05, 0.1) is 13.2 Å². The van der Waals surface area contributed by atoms with Gasteiger partial charge in [-0.15, -0.1) is 0 Å². The van der Waals surface area contributed by atoms with E-state index in [9.17, 15) is 0 Å². The van der Waals surface area contributed by atoms with Crippen molar-refractivity contribution in [2.75, 3.05) is 26.4 Å².